The number of pyridine rings is 1. The zero-order valence-electron chi connectivity index (χ0n) is 17.9. The van der Waals surface area contributed by atoms with Crippen molar-refractivity contribution in [3.8, 4) is 22.5 Å². The first-order chi connectivity index (χ1) is 16.3. The summed E-state index contributed by atoms with van der Waals surface area (Å²) in [5, 5.41) is 15.0. The summed E-state index contributed by atoms with van der Waals surface area (Å²) in [5.41, 5.74) is 8.23. The van der Waals surface area contributed by atoms with E-state index >= 15 is 0 Å². The summed E-state index contributed by atoms with van der Waals surface area (Å²) < 4.78 is 0. The Morgan fingerprint density at radius 2 is 2.00 bits per heavy atom. The molecule has 4 rings (SSSR count). The number of H-pyrrole nitrogens is 1. The molecule has 0 spiro atoms. The van der Waals surface area contributed by atoms with E-state index < -0.39 is 4.92 Å². The first-order valence-corrected chi connectivity index (χ1v) is 10.8. The van der Waals surface area contributed by atoms with Gasteiger partial charge in [-0.2, -0.15) is 0 Å². The van der Waals surface area contributed by atoms with Gasteiger partial charge in [-0.1, -0.05) is 23.2 Å². The van der Waals surface area contributed by atoms with Gasteiger partial charge in [0.2, 0.25) is 11.8 Å². The van der Waals surface area contributed by atoms with Gasteiger partial charge < -0.3 is 20.9 Å². The summed E-state index contributed by atoms with van der Waals surface area (Å²) in [5.74, 6) is 0.758. The van der Waals surface area contributed by atoms with Crippen LogP contribution < -0.4 is 16.0 Å². The Morgan fingerprint density at radius 1 is 1.18 bits per heavy atom. The average molecular weight is 500 g/mol. The Kier molecular flexibility index (Phi) is 6.75. The van der Waals surface area contributed by atoms with E-state index in [1.54, 1.807) is 30.9 Å². The number of nitrogen functional groups attached to an aromatic ring is 1. The topological polar surface area (TPSA) is 152 Å². The third-order valence-electron chi connectivity index (χ3n) is 4.94. The predicted octanol–water partition coefficient (Wildman–Crippen LogP) is 4.27. The highest BCUT2D eigenvalue weighted by molar-refractivity contribution is 6.36. The van der Waals surface area contributed by atoms with Gasteiger partial charge in [-0.05, 0) is 24.3 Å². The molecule has 13 heteroatoms. The lowest BCUT2D eigenvalue weighted by Gasteiger charge is -2.19. The predicted molar refractivity (Wildman–Crippen MR) is 132 cm³/mol. The van der Waals surface area contributed by atoms with Crippen molar-refractivity contribution in [2.24, 2.45) is 0 Å². The first kappa shape index (κ1) is 23.2. The zero-order valence-corrected chi connectivity index (χ0v) is 19.4. The van der Waals surface area contributed by atoms with Crippen LogP contribution in [0.5, 0.6) is 0 Å². The lowest BCUT2D eigenvalue weighted by Crippen LogP contribution is -2.26. The van der Waals surface area contributed by atoms with Gasteiger partial charge in [0.15, 0.2) is 0 Å². The molecule has 0 aliphatic carbocycles. The van der Waals surface area contributed by atoms with E-state index in [4.69, 9.17) is 33.9 Å². The Hall–Kier alpha value is -3.96. The molecule has 0 saturated heterocycles. The minimum absolute atomic E-state index is 0.148. The Morgan fingerprint density at radius 3 is 2.68 bits per heavy atom. The molecule has 4 N–H and O–H groups in total. The molecule has 34 heavy (non-hydrogen) atoms. The molecule has 11 nitrogen and oxygen atoms in total. The van der Waals surface area contributed by atoms with Crippen LogP contribution in [-0.2, 0) is 0 Å². The number of nitro groups is 1. The number of nitrogens with zero attached hydrogens (tertiary/aromatic N) is 6. The zero-order chi connectivity index (χ0) is 24.2. The minimum atomic E-state index is -0.575. The maximum atomic E-state index is 10.9. The number of imidazole rings is 1. The second-order valence-corrected chi connectivity index (χ2v) is 8.07. The number of nitrogens with one attached hydrogen (secondary N) is 2. The molecule has 0 bridgehead atoms. The molecule has 0 radical (unpaired) electrons. The molecule has 4 aromatic rings. The number of aromatic nitrogens is 5. The normalized spacial score (nSPS) is 10.8. The van der Waals surface area contributed by atoms with E-state index in [2.05, 4.69) is 25.3 Å². The fourth-order valence-electron chi connectivity index (χ4n) is 3.22. The Bertz CT molecular complexity index is 1330. The van der Waals surface area contributed by atoms with Crippen molar-refractivity contribution < 1.29 is 4.92 Å². The van der Waals surface area contributed by atoms with Crippen LogP contribution in [0.1, 0.15) is 0 Å². The number of nitrogens with two attached hydrogens (primary N) is 1. The van der Waals surface area contributed by atoms with Crippen molar-refractivity contribution in [1.82, 2.24) is 24.9 Å². The Labute approximate surface area is 204 Å². The summed E-state index contributed by atoms with van der Waals surface area (Å²) in [7, 11) is 1.84. The smallest absolute Gasteiger partial charge is 0.311 e. The van der Waals surface area contributed by atoms with Crippen molar-refractivity contribution in [2.75, 3.05) is 36.1 Å². The lowest BCUT2D eigenvalue weighted by atomic mass is 10.1. The van der Waals surface area contributed by atoms with Crippen molar-refractivity contribution in [3.63, 3.8) is 0 Å². The van der Waals surface area contributed by atoms with Gasteiger partial charge in [-0.25, -0.2) is 19.9 Å². The third-order valence-corrected chi connectivity index (χ3v) is 5.49. The number of halogens is 2. The third kappa shape index (κ3) is 5.00. The summed E-state index contributed by atoms with van der Waals surface area (Å²) in [4.78, 5) is 32.6. The molecule has 0 saturated carbocycles. The molecule has 3 heterocycles. The number of benzene rings is 1. The van der Waals surface area contributed by atoms with Gasteiger partial charge in [-0.15, -0.1) is 0 Å². The van der Waals surface area contributed by atoms with Crippen LogP contribution in [0.3, 0.4) is 0 Å². The summed E-state index contributed by atoms with van der Waals surface area (Å²) in [6.45, 7) is 0.971. The fraction of sp³-hybridized carbons (Fsp3) is 0.143. The van der Waals surface area contributed by atoms with Crippen LogP contribution in [0.15, 0.2) is 49.1 Å². The molecule has 0 aliphatic heterocycles. The largest absolute Gasteiger partial charge is 0.378 e. The number of aromatic amines is 1. The van der Waals surface area contributed by atoms with Gasteiger partial charge >= 0.3 is 5.69 Å². The SMILES string of the molecule is CN(CCNc1ccc([N+](=O)[O-])c(N)n1)c1ncc(-c2cnc[nH]2)c(-c2ccc(Cl)cc2Cl)n1. The number of anilines is 3. The quantitative estimate of drug-likeness (QED) is 0.238. The van der Waals surface area contributed by atoms with E-state index in [-0.39, 0.29) is 11.5 Å². The molecule has 174 valence electrons. The molecule has 0 unspecified atom stereocenters. The van der Waals surface area contributed by atoms with E-state index in [0.29, 0.717) is 46.2 Å². The molecule has 0 amide bonds. The Balaban J connectivity index is 1.54. The van der Waals surface area contributed by atoms with Crippen LogP contribution in [0.2, 0.25) is 10.0 Å². The molecule has 1 aromatic carbocycles. The summed E-state index contributed by atoms with van der Waals surface area (Å²) in [6.07, 6.45) is 4.97. The molecule has 0 aliphatic rings. The highest BCUT2D eigenvalue weighted by Crippen LogP contribution is 2.35. The van der Waals surface area contributed by atoms with Crippen LogP contribution in [0.4, 0.5) is 23.3 Å². The lowest BCUT2D eigenvalue weighted by molar-refractivity contribution is -0.384. The first-order valence-electron chi connectivity index (χ1n) is 10.0. The number of hydrogen-bond acceptors (Lipinski definition) is 9. The highest BCUT2D eigenvalue weighted by Gasteiger charge is 2.17. The average Bonchev–Trinajstić information content (AvgIpc) is 3.33. The monoisotopic (exact) mass is 499 g/mol. The molecular formula is C21H19Cl2N9O2. The summed E-state index contributed by atoms with van der Waals surface area (Å²) >= 11 is 12.5. The molecule has 0 atom stereocenters. The van der Waals surface area contributed by atoms with Crippen molar-refractivity contribution in [1.29, 1.82) is 0 Å². The van der Waals surface area contributed by atoms with Crippen molar-refractivity contribution in [3.05, 3.63) is 69.2 Å². The van der Waals surface area contributed by atoms with Gasteiger partial charge in [0.25, 0.3) is 0 Å². The van der Waals surface area contributed by atoms with Crippen LogP contribution in [0.25, 0.3) is 22.5 Å². The van der Waals surface area contributed by atoms with Gasteiger partial charge in [-0.3, -0.25) is 10.1 Å². The van der Waals surface area contributed by atoms with Gasteiger partial charge in [0, 0.05) is 48.5 Å². The van der Waals surface area contributed by atoms with Crippen LogP contribution in [0, 0.1) is 10.1 Å². The van der Waals surface area contributed by atoms with Crippen LogP contribution >= 0.6 is 23.2 Å². The maximum absolute atomic E-state index is 10.9. The van der Waals surface area contributed by atoms with E-state index in [0.717, 1.165) is 11.3 Å². The molecule has 3 aromatic heterocycles. The molecular weight excluding hydrogens is 481 g/mol. The number of hydrogen-bond donors (Lipinski definition) is 3. The van der Waals surface area contributed by atoms with Crippen molar-refractivity contribution in [2.45, 2.75) is 0 Å². The maximum Gasteiger partial charge on any atom is 0.311 e. The van der Waals surface area contributed by atoms with E-state index in [1.165, 1.54) is 12.1 Å². The van der Waals surface area contributed by atoms with Gasteiger partial charge in [0.05, 0.1) is 33.9 Å². The van der Waals surface area contributed by atoms with Crippen LogP contribution in [-0.4, -0.2) is 50.0 Å². The van der Waals surface area contributed by atoms with E-state index in [1.807, 2.05) is 18.0 Å². The second kappa shape index (κ2) is 9.89. The van der Waals surface area contributed by atoms with E-state index in [9.17, 15) is 10.1 Å². The number of rotatable bonds is 8. The fourth-order valence-corrected chi connectivity index (χ4v) is 3.71. The second-order valence-electron chi connectivity index (χ2n) is 7.23. The van der Waals surface area contributed by atoms with Gasteiger partial charge in [0.1, 0.15) is 5.82 Å². The molecule has 0 fully saturated rings. The van der Waals surface area contributed by atoms with Crippen molar-refractivity contribution >= 4 is 46.5 Å². The highest BCUT2D eigenvalue weighted by atomic mass is 35.5. The standard InChI is InChI=1S/C21H19Cl2N9O2/c1-31(7-6-26-18-5-4-17(32(33)34)20(24)29-18)21-27-9-14(16-10-25-11-28-16)19(30-21)13-3-2-12(22)8-15(13)23/h2-5,8-11H,6-7H2,1H3,(H,25,28)(H3,24,26,29). The summed E-state index contributed by atoms with van der Waals surface area (Å²) in [6, 6.07) is 8.03. The minimum Gasteiger partial charge on any atom is -0.378 e. The number of likely N-dealkylation sites (N-methyl/N-ethyl adjacent to an activating group) is 1.